The molecule has 3 aromatic carbocycles. The molecule has 32 heavy (non-hydrogen) atoms. The van der Waals surface area contributed by atoms with Crippen molar-refractivity contribution in [2.45, 2.75) is 17.9 Å². The normalized spacial score (nSPS) is 12.0. The van der Waals surface area contributed by atoms with E-state index in [9.17, 15) is 8.42 Å². The van der Waals surface area contributed by atoms with Crippen LogP contribution in [0.25, 0.3) is 0 Å². The van der Waals surface area contributed by atoms with E-state index in [4.69, 9.17) is 18.9 Å². The van der Waals surface area contributed by atoms with Crippen molar-refractivity contribution >= 4 is 15.7 Å². The summed E-state index contributed by atoms with van der Waals surface area (Å²) in [6.07, 6.45) is 0. The minimum absolute atomic E-state index is 0.170. The molecule has 1 unspecified atom stereocenters. The van der Waals surface area contributed by atoms with Gasteiger partial charge < -0.3 is 18.9 Å². The van der Waals surface area contributed by atoms with Gasteiger partial charge in [0.1, 0.15) is 11.5 Å². The Morgan fingerprint density at radius 1 is 0.719 bits per heavy atom. The summed E-state index contributed by atoms with van der Waals surface area (Å²) >= 11 is 0. The summed E-state index contributed by atoms with van der Waals surface area (Å²) in [5.74, 6) is 2.06. The number of anilines is 1. The van der Waals surface area contributed by atoms with Gasteiger partial charge in [0.15, 0.2) is 11.5 Å². The van der Waals surface area contributed by atoms with Crippen LogP contribution in [0.3, 0.4) is 0 Å². The van der Waals surface area contributed by atoms with Crippen LogP contribution in [0, 0.1) is 0 Å². The fourth-order valence-electron chi connectivity index (χ4n) is 3.53. The lowest BCUT2D eigenvalue weighted by molar-refractivity contribution is 0.355. The highest BCUT2D eigenvalue weighted by Gasteiger charge is 2.32. The third-order valence-electron chi connectivity index (χ3n) is 5.16. The van der Waals surface area contributed by atoms with Crippen molar-refractivity contribution in [3.8, 4) is 23.0 Å². The van der Waals surface area contributed by atoms with E-state index < -0.39 is 16.1 Å². The van der Waals surface area contributed by atoms with E-state index in [0.717, 1.165) is 0 Å². The van der Waals surface area contributed by atoms with E-state index in [2.05, 4.69) is 0 Å². The SMILES string of the molecule is COc1ccc(OC)c(C(C)N(c2ccc(OC)c(OC)c2)S(=O)(=O)c2ccccc2)c1. The predicted octanol–water partition coefficient (Wildman–Crippen LogP) is 4.68. The fourth-order valence-corrected chi connectivity index (χ4v) is 5.18. The van der Waals surface area contributed by atoms with Crippen LogP contribution in [0.1, 0.15) is 18.5 Å². The molecule has 0 spiro atoms. The highest BCUT2D eigenvalue weighted by Crippen LogP contribution is 2.41. The number of hydrogen-bond donors (Lipinski definition) is 0. The van der Waals surface area contributed by atoms with Crippen LogP contribution < -0.4 is 23.3 Å². The fraction of sp³-hybridized carbons (Fsp3) is 0.250. The smallest absolute Gasteiger partial charge is 0.264 e. The molecule has 0 aliphatic heterocycles. The van der Waals surface area contributed by atoms with E-state index in [-0.39, 0.29) is 4.90 Å². The average Bonchev–Trinajstić information content (AvgIpc) is 2.83. The number of sulfonamides is 1. The van der Waals surface area contributed by atoms with Crippen molar-refractivity contribution in [1.82, 2.24) is 0 Å². The average molecular weight is 458 g/mol. The van der Waals surface area contributed by atoms with E-state index in [1.54, 1.807) is 87.9 Å². The van der Waals surface area contributed by atoms with Crippen molar-refractivity contribution in [3.05, 3.63) is 72.3 Å². The zero-order valence-corrected chi connectivity index (χ0v) is 19.5. The Morgan fingerprint density at radius 3 is 1.94 bits per heavy atom. The minimum Gasteiger partial charge on any atom is -0.497 e. The van der Waals surface area contributed by atoms with Crippen LogP contribution in [0.5, 0.6) is 23.0 Å². The zero-order chi connectivity index (χ0) is 23.3. The molecule has 0 aliphatic carbocycles. The van der Waals surface area contributed by atoms with E-state index in [0.29, 0.717) is 34.2 Å². The van der Waals surface area contributed by atoms with Gasteiger partial charge in [0.2, 0.25) is 0 Å². The highest BCUT2D eigenvalue weighted by atomic mass is 32.2. The Bertz CT molecular complexity index is 1160. The molecule has 0 radical (unpaired) electrons. The molecule has 0 fully saturated rings. The van der Waals surface area contributed by atoms with Crippen molar-refractivity contribution in [3.63, 3.8) is 0 Å². The van der Waals surface area contributed by atoms with Crippen molar-refractivity contribution in [2.24, 2.45) is 0 Å². The third-order valence-corrected chi connectivity index (χ3v) is 7.07. The summed E-state index contributed by atoms with van der Waals surface area (Å²) in [6.45, 7) is 1.80. The molecule has 0 saturated carbocycles. The topological polar surface area (TPSA) is 74.3 Å². The maximum Gasteiger partial charge on any atom is 0.264 e. The lowest BCUT2D eigenvalue weighted by Crippen LogP contribution is -2.34. The first-order valence-electron chi connectivity index (χ1n) is 9.90. The lowest BCUT2D eigenvalue weighted by atomic mass is 10.1. The molecule has 3 aromatic rings. The summed E-state index contributed by atoms with van der Waals surface area (Å²) in [6, 6.07) is 18.0. The first kappa shape index (κ1) is 23.3. The number of methoxy groups -OCH3 is 4. The third kappa shape index (κ3) is 4.45. The van der Waals surface area contributed by atoms with Crippen molar-refractivity contribution in [2.75, 3.05) is 32.7 Å². The van der Waals surface area contributed by atoms with Gasteiger partial charge in [-0.05, 0) is 49.4 Å². The van der Waals surface area contributed by atoms with Crippen LogP contribution in [-0.2, 0) is 10.0 Å². The second-order valence-electron chi connectivity index (χ2n) is 6.94. The largest absolute Gasteiger partial charge is 0.497 e. The van der Waals surface area contributed by atoms with E-state index in [1.807, 2.05) is 0 Å². The Balaban J connectivity index is 2.24. The van der Waals surface area contributed by atoms with Gasteiger partial charge in [-0.1, -0.05) is 18.2 Å². The second kappa shape index (κ2) is 9.82. The summed E-state index contributed by atoms with van der Waals surface area (Å²) in [5, 5.41) is 0. The summed E-state index contributed by atoms with van der Waals surface area (Å²) in [5.41, 5.74) is 1.07. The first-order chi connectivity index (χ1) is 15.4. The summed E-state index contributed by atoms with van der Waals surface area (Å²) < 4.78 is 50.7. The zero-order valence-electron chi connectivity index (χ0n) is 18.7. The van der Waals surface area contributed by atoms with Gasteiger partial charge in [-0.3, -0.25) is 4.31 Å². The van der Waals surface area contributed by atoms with E-state index >= 15 is 0 Å². The molecule has 0 aliphatic rings. The molecule has 7 nitrogen and oxygen atoms in total. The van der Waals surface area contributed by atoms with Crippen LogP contribution in [0.2, 0.25) is 0 Å². The Hall–Kier alpha value is -3.39. The van der Waals surface area contributed by atoms with Gasteiger partial charge in [0.25, 0.3) is 10.0 Å². The number of hydrogen-bond acceptors (Lipinski definition) is 6. The molecule has 170 valence electrons. The molecular weight excluding hydrogens is 430 g/mol. The number of rotatable bonds is 9. The van der Waals surface area contributed by atoms with Gasteiger partial charge in [-0.25, -0.2) is 8.42 Å². The molecule has 0 heterocycles. The maximum atomic E-state index is 13.8. The van der Waals surface area contributed by atoms with E-state index in [1.165, 1.54) is 18.5 Å². The van der Waals surface area contributed by atoms with Gasteiger partial charge in [0, 0.05) is 11.6 Å². The van der Waals surface area contributed by atoms with Crippen LogP contribution in [0.15, 0.2) is 71.6 Å². The lowest BCUT2D eigenvalue weighted by Gasteiger charge is -2.32. The second-order valence-corrected chi connectivity index (χ2v) is 8.75. The van der Waals surface area contributed by atoms with Gasteiger partial charge in [-0.15, -0.1) is 0 Å². The Labute approximate surface area is 189 Å². The van der Waals surface area contributed by atoms with Gasteiger partial charge in [0.05, 0.1) is 45.1 Å². The Morgan fingerprint density at radius 2 is 1.34 bits per heavy atom. The molecule has 0 aromatic heterocycles. The predicted molar refractivity (Wildman–Crippen MR) is 124 cm³/mol. The molecule has 0 bridgehead atoms. The molecule has 1 atom stereocenters. The Kier molecular flexibility index (Phi) is 7.15. The molecule has 8 heteroatoms. The first-order valence-corrected chi connectivity index (χ1v) is 11.3. The van der Waals surface area contributed by atoms with Crippen LogP contribution >= 0.6 is 0 Å². The molecule has 0 N–H and O–H groups in total. The molecule has 0 amide bonds. The maximum absolute atomic E-state index is 13.8. The summed E-state index contributed by atoms with van der Waals surface area (Å²) in [4.78, 5) is 0.170. The molecule has 3 rings (SSSR count). The number of ether oxygens (including phenoxy) is 4. The molecular formula is C24H27NO6S. The number of nitrogens with zero attached hydrogens (tertiary/aromatic N) is 1. The quantitative estimate of drug-likeness (QED) is 0.465. The van der Waals surface area contributed by atoms with Crippen LogP contribution in [-0.4, -0.2) is 36.9 Å². The van der Waals surface area contributed by atoms with Crippen molar-refractivity contribution in [1.29, 1.82) is 0 Å². The van der Waals surface area contributed by atoms with Gasteiger partial charge in [-0.2, -0.15) is 0 Å². The van der Waals surface area contributed by atoms with Crippen LogP contribution in [0.4, 0.5) is 5.69 Å². The monoisotopic (exact) mass is 457 g/mol. The van der Waals surface area contributed by atoms with Crippen molar-refractivity contribution < 1.29 is 27.4 Å². The molecule has 0 saturated heterocycles. The highest BCUT2D eigenvalue weighted by molar-refractivity contribution is 7.92. The standard InChI is InChI=1S/C24H27NO6S/c1-17(21-16-19(28-2)12-14-22(21)29-3)25(32(26,27)20-9-7-6-8-10-20)18-11-13-23(30-4)24(15-18)31-5/h6-17H,1-5H3. The van der Waals surface area contributed by atoms with Gasteiger partial charge >= 0.3 is 0 Å². The minimum atomic E-state index is -3.95. The summed E-state index contributed by atoms with van der Waals surface area (Å²) in [7, 11) is 2.19. The number of benzene rings is 3.